The van der Waals surface area contributed by atoms with Crippen LogP contribution >= 0.6 is 0 Å². The van der Waals surface area contributed by atoms with Gasteiger partial charge in [0.2, 0.25) is 12.1 Å². The van der Waals surface area contributed by atoms with Crippen LogP contribution in [0.15, 0.2) is 36.9 Å². The van der Waals surface area contributed by atoms with Crippen LogP contribution in [0.2, 0.25) is 0 Å². The molecule has 5 nitrogen and oxygen atoms in total. The van der Waals surface area contributed by atoms with Crippen molar-refractivity contribution in [2.75, 3.05) is 14.2 Å². The van der Waals surface area contributed by atoms with E-state index in [-0.39, 0.29) is 29.3 Å². The maximum atomic E-state index is 12.2. The molecular formula is C13H15BrN2O3. The van der Waals surface area contributed by atoms with E-state index in [1.54, 1.807) is 55.7 Å². The van der Waals surface area contributed by atoms with Crippen molar-refractivity contribution in [2.24, 2.45) is 0 Å². The van der Waals surface area contributed by atoms with E-state index in [9.17, 15) is 4.79 Å². The van der Waals surface area contributed by atoms with Crippen LogP contribution in [0.3, 0.4) is 0 Å². The molecule has 0 aliphatic heterocycles. The third-order valence-corrected chi connectivity index (χ3v) is 2.64. The van der Waals surface area contributed by atoms with Gasteiger partial charge in [0.1, 0.15) is 23.9 Å². The molecule has 2 rings (SSSR count). The fourth-order valence-corrected chi connectivity index (χ4v) is 1.70. The molecule has 1 heterocycles. The Balaban J connectivity index is 0.00000180. The lowest BCUT2D eigenvalue weighted by molar-refractivity contribution is -0.681. The number of imidazole rings is 1. The number of rotatable bonds is 5. The molecule has 1 aromatic heterocycles. The lowest BCUT2D eigenvalue weighted by Crippen LogP contribution is -3.00. The Morgan fingerprint density at radius 1 is 1.32 bits per heavy atom. The van der Waals surface area contributed by atoms with Crippen molar-refractivity contribution >= 4 is 5.78 Å². The molecule has 19 heavy (non-hydrogen) atoms. The van der Waals surface area contributed by atoms with Crippen molar-refractivity contribution in [1.82, 2.24) is 4.98 Å². The van der Waals surface area contributed by atoms with E-state index in [4.69, 9.17) is 9.47 Å². The molecule has 0 saturated heterocycles. The Bertz CT molecular complexity index is 541. The first-order chi connectivity index (χ1) is 8.74. The summed E-state index contributed by atoms with van der Waals surface area (Å²) in [6.07, 6.45) is 5.28. The van der Waals surface area contributed by atoms with Gasteiger partial charge in [-0.25, -0.2) is 4.57 Å². The predicted octanol–water partition coefficient (Wildman–Crippen LogP) is -1.79. The van der Waals surface area contributed by atoms with Crippen LogP contribution < -0.4 is 31.0 Å². The number of hydrogen-bond acceptors (Lipinski definition) is 3. The van der Waals surface area contributed by atoms with E-state index < -0.39 is 0 Å². The van der Waals surface area contributed by atoms with Crippen molar-refractivity contribution in [3.63, 3.8) is 0 Å². The number of ether oxygens (including phenoxy) is 2. The number of halogens is 1. The molecule has 6 heteroatoms. The Morgan fingerprint density at radius 2 is 2.11 bits per heavy atom. The second-order valence-electron chi connectivity index (χ2n) is 3.77. The molecule has 0 aliphatic carbocycles. The van der Waals surface area contributed by atoms with E-state index >= 15 is 0 Å². The van der Waals surface area contributed by atoms with Crippen molar-refractivity contribution in [3.05, 3.63) is 42.5 Å². The fourth-order valence-electron chi connectivity index (χ4n) is 1.70. The van der Waals surface area contributed by atoms with Crippen molar-refractivity contribution < 1.29 is 35.8 Å². The number of aromatic nitrogens is 2. The summed E-state index contributed by atoms with van der Waals surface area (Å²) in [6, 6.07) is 5.18. The van der Waals surface area contributed by atoms with Crippen molar-refractivity contribution in [3.8, 4) is 11.5 Å². The van der Waals surface area contributed by atoms with Gasteiger partial charge in [0.05, 0.1) is 19.8 Å². The summed E-state index contributed by atoms with van der Waals surface area (Å²) in [5.74, 6) is 1.16. The molecule has 2 aromatic rings. The van der Waals surface area contributed by atoms with Gasteiger partial charge in [-0.3, -0.25) is 9.78 Å². The van der Waals surface area contributed by atoms with Gasteiger partial charge in [-0.15, -0.1) is 0 Å². The molecule has 0 fully saturated rings. The fraction of sp³-hybridized carbons (Fsp3) is 0.231. The highest BCUT2D eigenvalue weighted by molar-refractivity contribution is 5.98. The van der Waals surface area contributed by atoms with Gasteiger partial charge >= 0.3 is 0 Å². The Labute approximate surface area is 121 Å². The van der Waals surface area contributed by atoms with Crippen LogP contribution in [-0.2, 0) is 6.54 Å². The summed E-state index contributed by atoms with van der Waals surface area (Å²) in [6.45, 7) is 0.257. The second-order valence-corrected chi connectivity index (χ2v) is 3.77. The maximum absolute atomic E-state index is 12.2. The zero-order valence-corrected chi connectivity index (χ0v) is 12.3. The summed E-state index contributed by atoms with van der Waals surface area (Å²) < 4.78 is 12.1. The summed E-state index contributed by atoms with van der Waals surface area (Å²) in [4.78, 5) is 15.1. The van der Waals surface area contributed by atoms with Gasteiger partial charge in [0, 0.05) is 0 Å². The quantitative estimate of drug-likeness (QED) is 0.521. The maximum Gasteiger partial charge on any atom is 0.241 e. The molecule has 0 saturated carbocycles. The minimum absolute atomic E-state index is 0. The average molecular weight is 327 g/mol. The third kappa shape index (κ3) is 3.57. The molecule has 0 amide bonds. The molecule has 102 valence electrons. The minimum Gasteiger partial charge on any atom is -1.00 e. The molecule has 0 bridgehead atoms. The highest BCUT2D eigenvalue weighted by Crippen LogP contribution is 2.24. The number of Topliss-reactive ketones (excluding diaryl/α,β-unsaturated/α-hetero) is 1. The number of H-pyrrole nitrogens is 1. The molecule has 0 atom stereocenters. The number of carbonyl (C=O) groups is 1. The van der Waals surface area contributed by atoms with Crippen molar-refractivity contribution in [1.29, 1.82) is 0 Å². The Hall–Kier alpha value is -1.82. The molecule has 1 N–H and O–H groups in total. The van der Waals surface area contributed by atoms with E-state index in [0.29, 0.717) is 17.1 Å². The molecule has 0 unspecified atom stereocenters. The van der Waals surface area contributed by atoms with Crippen LogP contribution in [0, 0.1) is 0 Å². The topological polar surface area (TPSA) is 55.2 Å². The smallest absolute Gasteiger partial charge is 0.241 e. The van der Waals surface area contributed by atoms with Gasteiger partial charge in [-0.2, -0.15) is 0 Å². The molecular weight excluding hydrogens is 312 g/mol. The number of nitrogens with zero attached hydrogens (tertiary/aromatic N) is 1. The summed E-state index contributed by atoms with van der Waals surface area (Å²) in [7, 11) is 3.11. The van der Waals surface area contributed by atoms with E-state index in [1.807, 2.05) is 0 Å². The van der Waals surface area contributed by atoms with Crippen LogP contribution in [0.5, 0.6) is 11.5 Å². The summed E-state index contributed by atoms with van der Waals surface area (Å²) >= 11 is 0. The zero-order chi connectivity index (χ0) is 13.0. The average Bonchev–Trinajstić information content (AvgIpc) is 2.90. The van der Waals surface area contributed by atoms with E-state index in [2.05, 4.69) is 4.98 Å². The SMILES string of the molecule is COc1ccc(OC)c(C(=O)C[n+]2cc[nH]c2)c1.[Br-]. The highest BCUT2D eigenvalue weighted by Gasteiger charge is 2.16. The van der Waals surface area contributed by atoms with Crippen molar-refractivity contribution in [2.45, 2.75) is 6.54 Å². The van der Waals surface area contributed by atoms with Crippen LogP contribution in [0.1, 0.15) is 10.4 Å². The predicted molar refractivity (Wildman–Crippen MR) is 64.9 cm³/mol. The number of carbonyl (C=O) groups excluding carboxylic acids is 1. The molecule has 0 spiro atoms. The lowest BCUT2D eigenvalue weighted by atomic mass is 10.1. The number of benzene rings is 1. The van der Waals surface area contributed by atoms with Gasteiger partial charge in [-0.1, -0.05) is 0 Å². The molecule has 1 aromatic carbocycles. The largest absolute Gasteiger partial charge is 1.00 e. The molecule has 0 radical (unpaired) electrons. The standard InChI is InChI=1S/C13H14N2O3.BrH/c1-17-10-3-4-13(18-2)11(7-10)12(16)8-15-6-5-14-9-15;/h3-7,9H,8H2,1-2H3;1H. The van der Waals surface area contributed by atoms with Gasteiger partial charge in [-0.05, 0) is 18.2 Å². The number of methoxy groups -OCH3 is 2. The van der Waals surface area contributed by atoms with Crippen LogP contribution in [0.25, 0.3) is 0 Å². The van der Waals surface area contributed by atoms with E-state index in [0.717, 1.165) is 0 Å². The first-order valence-electron chi connectivity index (χ1n) is 5.51. The first kappa shape index (κ1) is 15.2. The molecule has 0 aliphatic rings. The van der Waals surface area contributed by atoms with Gasteiger partial charge < -0.3 is 26.5 Å². The minimum atomic E-state index is -0.0321. The van der Waals surface area contributed by atoms with Gasteiger partial charge in [0.15, 0.2) is 6.54 Å². The lowest BCUT2D eigenvalue weighted by Gasteiger charge is -2.08. The van der Waals surface area contributed by atoms with Crippen LogP contribution in [-0.4, -0.2) is 25.0 Å². The zero-order valence-electron chi connectivity index (χ0n) is 10.7. The second kappa shape index (κ2) is 6.94. The normalized spacial score (nSPS) is 9.58. The number of ketones is 1. The Morgan fingerprint density at radius 3 is 2.68 bits per heavy atom. The highest BCUT2D eigenvalue weighted by atomic mass is 79.9. The Kier molecular flexibility index (Phi) is 5.57. The summed E-state index contributed by atoms with van der Waals surface area (Å²) in [5.41, 5.74) is 0.519. The first-order valence-corrected chi connectivity index (χ1v) is 5.51. The van der Waals surface area contributed by atoms with E-state index in [1.165, 1.54) is 0 Å². The number of hydrogen-bond donors (Lipinski definition) is 1. The monoisotopic (exact) mass is 326 g/mol. The number of nitrogens with one attached hydrogen (secondary N) is 1. The summed E-state index contributed by atoms with van der Waals surface area (Å²) in [5, 5.41) is 0. The third-order valence-electron chi connectivity index (χ3n) is 2.64. The number of aromatic amines is 1. The van der Waals surface area contributed by atoms with Gasteiger partial charge in [0.25, 0.3) is 0 Å². The van der Waals surface area contributed by atoms with Crippen LogP contribution in [0.4, 0.5) is 0 Å².